The van der Waals surface area contributed by atoms with Crippen molar-refractivity contribution in [3.05, 3.63) is 35.9 Å². The number of benzene rings is 1. The summed E-state index contributed by atoms with van der Waals surface area (Å²) >= 11 is 0. The quantitative estimate of drug-likeness (QED) is 0.860. The number of carbonyl (C=O) groups excluding carboxylic acids is 1. The number of nitrogens with one attached hydrogen (secondary N) is 1. The van der Waals surface area contributed by atoms with Gasteiger partial charge in [0.25, 0.3) is 5.91 Å². The summed E-state index contributed by atoms with van der Waals surface area (Å²) in [6.07, 6.45) is 0.854. The standard InChI is InChI=1S/C15H22N2O2/c1-2-17-10-8-13(9-11-17)16-15(19)14(18)12-6-4-3-5-7-12/h3-7,13-14,18H,2,8-11H2,1H3,(H,16,19)/t14-/m0/s1. The number of carbonyl (C=O) groups is 1. The maximum absolute atomic E-state index is 12.0. The van der Waals surface area contributed by atoms with E-state index >= 15 is 0 Å². The van der Waals surface area contributed by atoms with E-state index in [-0.39, 0.29) is 11.9 Å². The van der Waals surface area contributed by atoms with Gasteiger partial charge in [0.2, 0.25) is 0 Å². The second-order valence-corrected chi connectivity index (χ2v) is 5.03. The molecule has 1 atom stereocenters. The highest BCUT2D eigenvalue weighted by Gasteiger charge is 2.23. The van der Waals surface area contributed by atoms with E-state index in [4.69, 9.17) is 0 Å². The topological polar surface area (TPSA) is 52.6 Å². The maximum Gasteiger partial charge on any atom is 0.253 e. The minimum absolute atomic E-state index is 0.189. The molecule has 1 aliphatic heterocycles. The van der Waals surface area contributed by atoms with Crippen LogP contribution >= 0.6 is 0 Å². The third-order valence-corrected chi connectivity index (χ3v) is 3.74. The smallest absolute Gasteiger partial charge is 0.253 e. The van der Waals surface area contributed by atoms with Gasteiger partial charge in [-0.2, -0.15) is 0 Å². The lowest BCUT2D eigenvalue weighted by molar-refractivity contribution is -0.130. The second-order valence-electron chi connectivity index (χ2n) is 5.03. The highest BCUT2D eigenvalue weighted by molar-refractivity contribution is 5.82. The summed E-state index contributed by atoms with van der Waals surface area (Å²) in [5, 5.41) is 12.9. The number of rotatable bonds is 4. The molecule has 0 aromatic heterocycles. The van der Waals surface area contributed by atoms with Gasteiger partial charge in [0.05, 0.1) is 0 Å². The third-order valence-electron chi connectivity index (χ3n) is 3.74. The normalized spacial score (nSPS) is 19.1. The van der Waals surface area contributed by atoms with Crippen LogP contribution in [-0.2, 0) is 4.79 Å². The summed E-state index contributed by atoms with van der Waals surface area (Å²) in [5.41, 5.74) is 0.644. The Hall–Kier alpha value is -1.39. The van der Waals surface area contributed by atoms with Crippen LogP contribution in [0.5, 0.6) is 0 Å². The van der Waals surface area contributed by atoms with E-state index in [1.807, 2.05) is 18.2 Å². The average molecular weight is 262 g/mol. The fourth-order valence-corrected chi connectivity index (χ4v) is 2.46. The van der Waals surface area contributed by atoms with Gasteiger partial charge in [-0.05, 0) is 24.9 Å². The molecule has 1 aromatic carbocycles. The second kappa shape index (κ2) is 6.68. The van der Waals surface area contributed by atoms with Crippen molar-refractivity contribution in [2.24, 2.45) is 0 Å². The number of aliphatic hydroxyl groups excluding tert-OH is 1. The van der Waals surface area contributed by atoms with Crippen LogP contribution in [0.1, 0.15) is 31.4 Å². The van der Waals surface area contributed by atoms with Crippen LogP contribution in [0.4, 0.5) is 0 Å². The number of piperidine rings is 1. The molecule has 0 aliphatic carbocycles. The Labute approximate surface area is 114 Å². The molecule has 4 nitrogen and oxygen atoms in total. The molecule has 104 valence electrons. The van der Waals surface area contributed by atoms with Crippen LogP contribution in [0.15, 0.2) is 30.3 Å². The first-order valence-corrected chi connectivity index (χ1v) is 6.96. The van der Waals surface area contributed by atoms with Gasteiger partial charge in [-0.3, -0.25) is 4.79 Å². The molecule has 1 aromatic rings. The highest BCUT2D eigenvalue weighted by atomic mass is 16.3. The van der Waals surface area contributed by atoms with Crippen LogP contribution in [-0.4, -0.2) is 41.6 Å². The molecule has 4 heteroatoms. The number of hydrogen-bond acceptors (Lipinski definition) is 3. The van der Waals surface area contributed by atoms with Crippen molar-refractivity contribution in [3.63, 3.8) is 0 Å². The van der Waals surface area contributed by atoms with E-state index < -0.39 is 6.10 Å². The minimum atomic E-state index is -1.06. The molecule has 0 unspecified atom stereocenters. The Morgan fingerprint density at radius 3 is 2.58 bits per heavy atom. The lowest BCUT2D eigenvalue weighted by Gasteiger charge is -2.31. The van der Waals surface area contributed by atoms with Crippen LogP contribution in [0, 0.1) is 0 Å². The summed E-state index contributed by atoms with van der Waals surface area (Å²) in [6, 6.07) is 9.24. The molecule has 2 N–H and O–H groups in total. The molecule has 1 aliphatic rings. The van der Waals surface area contributed by atoms with E-state index in [1.54, 1.807) is 12.1 Å². The first kappa shape index (κ1) is 14.0. The van der Waals surface area contributed by atoms with Crippen LogP contribution in [0.2, 0.25) is 0 Å². The van der Waals surface area contributed by atoms with E-state index in [0.29, 0.717) is 5.56 Å². The van der Waals surface area contributed by atoms with Crippen molar-refractivity contribution in [1.29, 1.82) is 0 Å². The first-order chi connectivity index (χ1) is 9.20. The molecule has 2 rings (SSSR count). The lowest BCUT2D eigenvalue weighted by Crippen LogP contribution is -2.45. The molecule has 1 saturated heterocycles. The molecule has 0 saturated carbocycles. The zero-order valence-corrected chi connectivity index (χ0v) is 11.4. The molecule has 1 amide bonds. The molecule has 19 heavy (non-hydrogen) atoms. The Kier molecular flexibility index (Phi) is 4.93. The fourth-order valence-electron chi connectivity index (χ4n) is 2.46. The van der Waals surface area contributed by atoms with Gasteiger partial charge in [-0.1, -0.05) is 37.3 Å². The summed E-state index contributed by atoms with van der Waals surface area (Å²) in [4.78, 5) is 14.4. The van der Waals surface area contributed by atoms with Crippen LogP contribution in [0.3, 0.4) is 0 Å². The molecular formula is C15H22N2O2. The van der Waals surface area contributed by atoms with Crippen LogP contribution < -0.4 is 5.32 Å². The molecule has 0 radical (unpaired) electrons. The van der Waals surface area contributed by atoms with Crippen molar-refractivity contribution in [3.8, 4) is 0 Å². The highest BCUT2D eigenvalue weighted by Crippen LogP contribution is 2.15. The van der Waals surface area contributed by atoms with Gasteiger partial charge in [-0.25, -0.2) is 0 Å². The van der Waals surface area contributed by atoms with E-state index in [2.05, 4.69) is 17.1 Å². The molecular weight excluding hydrogens is 240 g/mol. The maximum atomic E-state index is 12.0. The largest absolute Gasteiger partial charge is 0.378 e. The fraction of sp³-hybridized carbons (Fsp3) is 0.533. The number of aliphatic hydroxyl groups is 1. The first-order valence-electron chi connectivity index (χ1n) is 6.96. The van der Waals surface area contributed by atoms with Crippen molar-refractivity contribution in [2.45, 2.75) is 31.9 Å². The molecule has 1 heterocycles. The Bertz CT molecular complexity index is 400. The van der Waals surface area contributed by atoms with Gasteiger partial charge in [-0.15, -0.1) is 0 Å². The van der Waals surface area contributed by atoms with Crippen molar-refractivity contribution >= 4 is 5.91 Å². The van der Waals surface area contributed by atoms with Crippen LogP contribution in [0.25, 0.3) is 0 Å². The zero-order chi connectivity index (χ0) is 13.7. The van der Waals surface area contributed by atoms with Gasteiger partial charge in [0.15, 0.2) is 6.10 Å². The van der Waals surface area contributed by atoms with Crippen molar-refractivity contribution in [1.82, 2.24) is 10.2 Å². The van der Waals surface area contributed by atoms with E-state index in [0.717, 1.165) is 32.5 Å². The van der Waals surface area contributed by atoms with Gasteiger partial charge >= 0.3 is 0 Å². The monoisotopic (exact) mass is 262 g/mol. The minimum Gasteiger partial charge on any atom is -0.378 e. The van der Waals surface area contributed by atoms with Gasteiger partial charge in [0, 0.05) is 19.1 Å². The Morgan fingerprint density at radius 2 is 2.00 bits per heavy atom. The summed E-state index contributed by atoms with van der Waals surface area (Å²) < 4.78 is 0. The van der Waals surface area contributed by atoms with Crippen molar-refractivity contribution in [2.75, 3.05) is 19.6 Å². The van der Waals surface area contributed by atoms with E-state index in [1.165, 1.54) is 0 Å². The SMILES string of the molecule is CCN1CCC(NC(=O)[C@@H](O)c2ccccc2)CC1. The zero-order valence-electron chi connectivity index (χ0n) is 11.4. The molecule has 0 spiro atoms. The summed E-state index contributed by atoms with van der Waals surface area (Å²) in [5.74, 6) is -0.291. The number of hydrogen-bond donors (Lipinski definition) is 2. The number of amides is 1. The molecule has 1 fully saturated rings. The summed E-state index contributed by atoms with van der Waals surface area (Å²) in [6.45, 7) is 5.25. The average Bonchev–Trinajstić information content (AvgIpc) is 2.48. The lowest BCUT2D eigenvalue weighted by atomic mass is 10.0. The number of likely N-dealkylation sites (tertiary alicyclic amines) is 1. The van der Waals surface area contributed by atoms with Crippen molar-refractivity contribution < 1.29 is 9.90 Å². The Morgan fingerprint density at radius 1 is 1.37 bits per heavy atom. The third kappa shape index (κ3) is 3.78. The Balaban J connectivity index is 1.85. The molecule has 0 bridgehead atoms. The van der Waals surface area contributed by atoms with Gasteiger partial charge < -0.3 is 15.3 Å². The van der Waals surface area contributed by atoms with Gasteiger partial charge in [0.1, 0.15) is 0 Å². The summed E-state index contributed by atoms with van der Waals surface area (Å²) in [7, 11) is 0. The predicted octanol–water partition coefficient (Wildman–Crippen LogP) is 1.32. The van der Waals surface area contributed by atoms with E-state index in [9.17, 15) is 9.90 Å². The predicted molar refractivity (Wildman–Crippen MR) is 74.7 cm³/mol. The number of nitrogens with zero attached hydrogens (tertiary/aromatic N) is 1.